The second-order valence-electron chi connectivity index (χ2n) is 16.4. The van der Waals surface area contributed by atoms with Crippen molar-refractivity contribution >= 4 is 48.1 Å². The van der Waals surface area contributed by atoms with E-state index in [2.05, 4.69) is 152 Å². The van der Waals surface area contributed by atoms with Crippen LogP contribution in [0.15, 0.2) is 97.1 Å². The molecule has 2 radical (unpaired) electrons. The molecule has 6 aromatic carbocycles. The van der Waals surface area contributed by atoms with Crippen LogP contribution in [0, 0.1) is 38.5 Å². The van der Waals surface area contributed by atoms with Gasteiger partial charge in [-0.1, -0.05) is 135 Å². The molecule has 8 rings (SSSR count). The molecule has 0 amide bonds. The fourth-order valence-electron chi connectivity index (χ4n) is 9.09. The summed E-state index contributed by atoms with van der Waals surface area (Å²) in [6, 6.07) is 37.0. The van der Waals surface area contributed by atoms with Crippen molar-refractivity contribution in [2.75, 3.05) is 0 Å². The van der Waals surface area contributed by atoms with Gasteiger partial charge < -0.3 is 0 Å². The van der Waals surface area contributed by atoms with Gasteiger partial charge in [-0.25, -0.2) is 0 Å². The molecule has 0 N–H and O–H groups in total. The molecule has 0 nitrogen and oxygen atoms in total. The molecule has 0 atom stereocenters. The van der Waals surface area contributed by atoms with Crippen LogP contribution < -0.4 is 0 Å². The van der Waals surface area contributed by atoms with Crippen LogP contribution >= 0.6 is 17.0 Å². The van der Waals surface area contributed by atoms with Gasteiger partial charge in [0.15, 0.2) is 0 Å². The van der Waals surface area contributed by atoms with Crippen molar-refractivity contribution in [3.8, 4) is 22.3 Å². The normalized spacial score (nSPS) is 15.0. The van der Waals surface area contributed by atoms with E-state index in [-0.39, 0.29) is 0 Å². The predicted octanol–water partition coefficient (Wildman–Crippen LogP) is 16.1. The first kappa shape index (κ1) is 42.9. The van der Waals surface area contributed by atoms with Crippen molar-refractivity contribution < 1.29 is 20.8 Å². The summed E-state index contributed by atoms with van der Waals surface area (Å²) in [5.74, 6) is 0. The third-order valence-corrected chi connectivity index (χ3v) is 12.2. The van der Waals surface area contributed by atoms with Crippen LogP contribution in [0.1, 0.15) is 98.6 Å². The zero-order chi connectivity index (χ0) is 38.9. The molecule has 0 bridgehead atoms. The van der Waals surface area contributed by atoms with Crippen molar-refractivity contribution in [1.29, 1.82) is 0 Å². The Morgan fingerprint density at radius 2 is 0.907 bits per heavy atom. The fourth-order valence-corrected chi connectivity index (χ4v) is 9.09. The number of rotatable bonds is 8. The zero-order valence-electron chi connectivity index (χ0n) is 34.1. The molecule has 0 aliphatic heterocycles. The summed E-state index contributed by atoms with van der Waals surface area (Å²) in [4.78, 5) is 0. The Kier molecular flexibility index (Phi) is 15.7. The van der Waals surface area contributed by atoms with Gasteiger partial charge in [0.25, 0.3) is 0 Å². The molecule has 0 saturated heterocycles. The summed E-state index contributed by atoms with van der Waals surface area (Å²) in [5.41, 5.74) is 15.1. The molecule has 0 heterocycles. The maximum atomic E-state index is 4.93. The van der Waals surface area contributed by atoms with Crippen LogP contribution in [0.2, 0.25) is 13.1 Å². The zero-order valence-corrected chi connectivity index (χ0v) is 39.0. The first-order valence-electron chi connectivity index (χ1n) is 20.1. The maximum absolute atomic E-state index is 4.93. The first-order valence-corrected chi connectivity index (χ1v) is 28.4. The van der Waals surface area contributed by atoms with Gasteiger partial charge in [-0.3, -0.25) is 0 Å². The van der Waals surface area contributed by atoms with Crippen LogP contribution in [0.3, 0.4) is 0 Å². The molecule has 2 aliphatic carbocycles. The van der Waals surface area contributed by atoms with E-state index in [1.54, 1.807) is 0 Å². The Morgan fingerprint density at radius 1 is 0.574 bits per heavy atom. The molecule has 2 fully saturated rings. The molecule has 0 spiro atoms. The average Bonchev–Trinajstić information content (AvgIpc) is 3.71. The van der Waals surface area contributed by atoms with Gasteiger partial charge >= 0.3 is 37.9 Å². The molecule has 0 unspecified atom stereocenters. The summed E-state index contributed by atoms with van der Waals surface area (Å²) in [5, 5.41) is 5.63. The average molecular weight is 851 g/mol. The summed E-state index contributed by atoms with van der Waals surface area (Å²) in [6.07, 6.45) is 13.6. The SMILES string of the molecule is CCC1(Cc2cc3c(-c4cc(C)cc(C)c4)cccc3[cH-]2)CCC1.CCC1(Cc2cc3c(-c4cc(C)cc(C)c4)cccc3[cH-]2)CCC1.C[Si]C.[Cl][Zr+2][Cl]. The molecule has 0 aromatic heterocycles. The van der Waals surface area contributed by atoms with Gasteiger partial charge in [0.05, 0.1) is 0 Å². The number of benzene rings is 4. The number of hydrogen-bond acceptors (Lipinski definition) is 0. The van der Waals surface area contributed by atoms with Crippen molar-refractivity contribution in [3.63, 3.8) is 0 Å². The third-order valence-electron chi connectivity index (χ3n) is 12.2. The number of aryl methyl sites for hydroxylation is 4. The van der Waals surface area contributed by atoms with Crippen LogP contribution in [0.4, 0.5) is 0 Å². The van der Waals surface area contributed by atoms with E-state index in [0.717, 1.165) is 9.52 Å². The van der Waals surface area contributed by atoms with Gasteiger partial charge in [-0.2, -0.15) is 12.1 Å². The molecule has 6 aromatic rings. The van der Waals surface area contributed by atoms with Crippen molar-refractivity contribution in [2.45, 2.75) is 119 Å². The molecular formula is C50H60Cl2SiZr. The monoisotopic (exact) mass is 848 g/mol. The molecule has 4 heteroatoms. The summed E-state index contributed by atoms with van der Waals surface area (Å²) in [7, 11) is 11.0. The Bertz CT molecular complexity index is 1910. The Balaban J connectivity index is 0.000000182. The predicted molar refractivity (Wildman–Crippen MR) is 239 cm³/mol. The van der Waals surface area contributed by atoms with E-state index >= 15 is 0 Å². The third kappa shape index (κ3) is 10.6. The number of hydrogen-bond donors (Lipinski definition) is 0. The van der Waals surface area contributed by atoms with Crippen molar-refractivity contribution in [2.24, 2.45) is 10.8 Å². The van der Waals surface area contributed by atoms with E-state index in [1.807, 2.05) is 0 Å². The van der Waals surface area contributed by atoms with E-state index in [9.17, 15) is 0 Å². The Labute approximate surface area is 348 Å². The number of fused-ring (bicyclic) bond motifs is 2. The van der Waals surface area contributed by atoms with Crippen LogP contribution in [-0.4, -0.2) is 9.52 Å². The van der Waals surface area contributed by atoms with Gasteiger partial charge in [0, 0.05) is 9.52 Å². The van der Waals surface area contributed by atoms with Crippen LogP contribution in [0.5, 0.6) is 0 Å². The quantitative estimate of drug-likeness (QED) is 0.106. The number of halogens is 2. The topological polar surface area (TPSA) is 0 Å². The van der Waals surface area contributed by atoms with Crippen molar-refractivity contribution in [3.05, 3.63) is 130 Å². The van der Waals surface area contributed by atoms with Crippen LogP contribution in [0.25, 0.3) is 43.8 Å². The fraction of sp³-hybridized carbons (Fsp3) is 0.400. The molecule has 282 valence electrons. The second-order valence-corrected chi connectivity index (χ2v) is 21.2. The van der Waals surface area contributed by atoms with Crippen LogP contribution in [-0.2, 0) is 33.7 Å². The standard InChI is InChI=1S/2C24H27.C2H6Si.2ClH.Zr/c2*1-4-24(9-6-10-24)16-19-14-20-7-5-8-22(23(20)15-19)21-12-17(2)11-18(3)13-21;1-3-2;;;/h2*5,7-8,11-15H,4,6,9-10,16H2,1-3H3;1-2H3;2*1H;/q2*-1;;;;+4/p-2. The summed E-state index contributed by atoms with van der Waals surface area (Å²) in [6.45, 7) is 17.8. The Morgan fingerprint density at radius 3 is 1.19 bits per heavy atom. The van der Waals surface area contributed by atoms with Gasteiger partial charge in [-0.05, 0) is 88.2 Å². The van der Waals surface area contributed by atoms with E-state index in [4.69, 9.17) is 17.0 Å². The van der Waals surface area contributed by atoms with Crippen molar-refractivity contribution in [1.82, 2.24) is 0 Å². The van der Waals surface area contributed by atoms with Gasteiger partial charge in [-0.15, -0.1) is 69.1 Å². The van der Waals surface area contributed by atoms with E-state index < -0.39 is 20.8 Å². The van der Waals surface area contributed by atoms with Gasteiger partial charge in [0.2, 0.25) is 0 Å². The summed E-state index contributed by atoms with van der Waals surface area (Å²) >= 11 is -0.826. The minimum atomic E-state index is -0.826. The second kappa shape index (κ2) is 19.8. The Hall–Kier alpha value is -2.22. The van der Waals surface area contributed by atoms with Gasteiger partial charge in [0.1, 0.15) is 0 Å². The first-order chi connectivity index (χ1) is 26.0. The van der Waals surface area contributed by atoms with E-state index in [0.29, 0.717) is 10.8 Å². The molecule has 2 aliphatic rings. The molecule has 2 saturated carbocycles. The molecular weight excluding hydrogens is 791 g/mol. The summed E-state index contributed by atoms with van der Waals surface area (Å²) < 4.78 is 0. The van der Waals surface area contributed by atoms with E-state index in [1.165, 1.54) is 141 Å². The molecule has 54 heavy (non-hydrogen) atoms. The minimum absolute atomic E-state index is 0.588.